The number of aromatic nitrogens is 4. The van der Waals surface area contributed by atoms with Crippen LogP contribution in [0.2, 0.25) is 0 Å². The van der Waals surface area contributed by atoms with Gasteiger partial charge in [0.05, 0.1) is 11.8 Å². The summed E-state index contributed by atoms with van der Waals surface area (Å²) in [6, 6.07) is 1.98. The number of β-amino-alcohol motifs (C(OH)–C–C–N with tert-alkyl or cyclic N) is 1. The van der Waals surface area contributed by atoms with Gasteiger partial charge < -0.3 is 14.6 Å². The van der Waals surface area contributed by atoms with Crippen molar-refractivity contribution in [1.82, 2.24) is 24.6 Å². The number of carbonyl (C=O) groups is 1. The molecule has 7 heteroatoms. The van der Waals surface area contributed by atoms with E-state index in [1.807, 2.05) is 24.5 Å². The van der Waals surface area contributed by atoms with Gasteiger partial charge in [-0.05, 0) is 26.3 Å². The van der Waals surface area contributed by atoms with Crippen LogP contribution in [0.4, 0.5) is 0 Å². The molecule has 1 saturated heterocycles. The van der Waals surface area contributed by atoms with E-state index in [2.05, 4.69) is 15.2 Å². The zero-order valence-corrected chi connectivity index (χ0v) is 12.9. The molecule has 0 aliphatic carbocycles. The van der Waals surface area contributed by atoms with Crippen LogP contribution in [0.5, 0.6) is 0 Å². The van der Waals surface area contributed by atoms with Crippen molar-refractivity contribution in [3.8, 4) is 0 Å². The van der Waals surface area contributed by atoms with E-state index in [4.69, 9.17) is 0 Å². The van der Waals surface area contributed by atoms with Gasteiger partial charge in [-0.2, -0.15) is 5.10 Å². The van der Waals surface area contributed by atoms with Crippen molar-refractivity contribution < 1.29 is 9.90 Å². The molecule has 2 aromatic rings. The Labute approximate surface area is 129 Å². The standard InChI is InChI=1S/C15H21N5O2/c1-10-5-13(18-17-10)6-12-7-20(8-14(12)21)15(22)9-19-4-3-16-11(19)2/h3-5,12,14,21H,6-9H2,1-2H3,(H,17,18). The normalized spacial score (nSPS) is 21.5. The molecule has 7 nitrogen and oxygen atoms in total. The van der Waals surface area contributed by atoms with Crippen molar-refractivity contribution >= 4 is 5.91 Å². The van der Waals surface area contributed by atoms with E-state index in [1.54, 1.807) is 17.3 Å². The van der Waals surface area contributed by atoms with Crippen molar-refractivity contribution in [3.63, 3.8) is 0 Å². The van der Waals surface area contributed by atoms with Crippen LogP contribution in [0.15, 0.2) is 18.5 Å². The Kier molecular flexibility index (Phi) is 3.98. The summed E-state index contributed by atoms with van der Waals surface area (Å²) in [5.74, 6) is 0.869. The topological polar surface area (TPSA) is 87.0 Å². The predicted molar refractivity (Wildman–Crippen MR) is 80.1 cm³/mol. The summed E-state index contributed by atoms with van der Waals surface area (Å²) in [5.41, 5.74) is 1.94. The fourth-order valence-electron chi connectivity index (χ4n) is 2.92. The van der Waals surface area contributed by atoms with Crippen LogP contribution in [0.3, 0.4) is 0 Å². The molecule has 3 heterocycles. The third kappa shape index (κ3) is 3.04. The number of amides is 1. The number of nitrogens with one attached hydrogen (secondary N) is 1. The molecule has 118 valence electrons. The van der Waals surface area contributed by atoms with Gasteiger partial charge >= 0.3 is 0 Å². The molecular formula is C15H21N5O2. The minimum absolute atomic E-state index is 0.0147. The van der Waals surface area contributed by atoms with E-state index < -0.39 is 6.10 Å². The third-order valence-corrected chi connectivity index (χ3v) is 4.22. The first-order chi connectivity index (χ1) is 10.5. The Bertz CT molecular complexity index is 662. The Morgan fingerprint density at radius 3 is 2.91 bits per heavy atom. The van der Waals surface area contributed by atoms with Crippen LogP contribution in [0.1, 0.15) is 17.2 Å². The number of aliphatic hydroxyl groups excluding tert-OH is 1. The van der Waals surface area contributed by atoms with E-state index in [0.29, 0.717) is 19.5 Å². The second-order valence-corrected chi connectivity index (χ2v) is 5.97. The molecule has 0 spiro atoms. The maximum absolute atomic E-state index is 12.4. The van der Waals surface area contributed by atoms with Crippen LogP contribution in [-0.4, -0.2) is 54.9 Å². The molecule has 0 bridgehead atoms. The Morgan fingerprint density at radius 2 is 2.27 bits per heavy atom. The van der Waals surface area contributed by atoms with Gasteiger partial charge in [-0.1, -0.05) is 0 Å². The number of rotatable bonds is 4. The highest BCUT2D eigenvalue weighted by Crippen LogP contribution is 2.21. The number of hydrogen-bond donors (Lipinski definition) is 2. The van der Waals surface area contributed by atoms with Crippen molar-refractivity contribution in [3.05, 3.63) is 35.7 Å². The molecule has 2 unspecified atom stereocenters. The number of H-pyrrole nitrogens is 1. The van der Waals surface area contributed by atoms with Crippen LogP contribution in [0.25, 0.3) is 0 Å². The van der Waals surface area contributed by atoms with Crippen molar-refractivity contribution in [2.45, 2.75) is 32.9 Å². The molecule has 3 rings (SSSR count). The zero-order chi connectivity index (χ0) is 15.7. The van der Waals surface area contributed by atoms with Gasteiger partial charge in [0.2, 0.25) is 5.91 Å². The van der Waals surface area contributed by atoms with E-state index in [0.717, 1.165) is 17.2 Å². The molecule has 1 aliphatic rings. The lowest BCUT2D eigenvalue weighted by atomic mass is 10.0. The largest absolute Gasteiger partial charge is 0.391 e. The molecule has 2 N–H and O–H groups in total. The molecule has 1 amide bonds. The van der Waals surface area contributed by atoms with Crippen LogP contribution >= 0.6 is 0 Å². The predicted octanol–water partition coefficient (Wildman–Crippen LogP) is 0.285. The number of imidazole rings is 1. The lowest BCUT2D eigenvalue weighted by Gasteiger charge is -2.16. The van der Waals surface area contributed by atoms with E-state index in [9.17, 15) is 9.90 Å². The number of hydrogen-bond acceptors (Lipinski definition) is 4. The molecule has 0 saturated carbocycles. The molecule has 2 aromatic heterocycles. The fourth-order valence-corrected chi connectivity index (χ4v) is 2.92. The molecule has 1 fully saturated rings. The van der Waals surface area contributed by atoms with E-state index >= 15 is 0 Å². The Morgan fingerprint density at radius 1 is 1.45 bits per heavy atom. The van der Waals surface area contributed by atoms with Crippen LogP contribution < -0.4 is 0 Å². The fraction of sp³-hybridized carbons (Fsp3) is 0.533. The van der Waals surface area contributed by atoms with Gasteiger partial charge in [0, 0.05) is 37.1 Å². The molecule has 2 atom stereocenters. The molecule has 1 aliphatic heterocycles. The van der Waals surface area contributed by atoms with Gasteiger partial charge in [0.15, 0.2) is 0 Å². The summed E-state index contributed by atoms with van der Waals surface area (Å²) in [6.07, 6.45) is 3.66. The van der Waals surface area contributed by atoms with E-state index in [-0.39, 0.29) is 18.4 Å². The Balaban J connectivity index is 1.60. The number of likely N-dealkylation sites (tertiary alicyclic amines) is 1. The number of aryl methyl sites for hydroxylation is 2. The number of aliphatic hydroxyl groups is 1. The summed E-state index contributed by atoms with van der Waals surface area (Å²) < 4.78 is 1.82. The van der Waals surface area contributed by atoms with Crippen molar-refractivity contribution in [2.24, 2.45) is 5.92 Å². The number of carbonyl (C=O) groups excluding carboxylic acids is 1. The third-order valence-electron chi connectivity index (χ3n) is 4.22. The average Bonchev–Trinajstić information content (AvgIpc) is 3.15. The van der Waals surface area contributed by atoms with Gasteiger partial charge in [-0.3, -0.25) is 9.89 Å². The lowest BCUT2D eigenvalue weighted by molar-refractivity contribution is -0.131. The van der Waals surface area contributed by atoms with Gasteiger partial charge in [-0.25, -0.2) is 4.98 Å². The summed E-state index contributed by atoms with van der Waals surface area (Å²) in [5, 5.41) is 17.3. The van der Waals surface area contributed by atoms with Gasteiger partial charge in [0.1, 0.15) is 12.4 Å². The zero-order valence-electron chi connectivity index (χ0n) is 12.9. The second kappa shape index (κ2) is 5.92. The summed E-state index contributed by atoms with van der Waals surface area (Å²) >= 11 is 0. The smallest absolute Gasteiger partial charge is 0.242 e. The lowest BCUT2D eigenvalue weighted by Crippen LogP contribution is -2.32. The van der Waals surface area contributed by atoms with Crippen molar-refractivity contribution in [1.29, 1.82) is 0 Å². The quantitative estimate of drug-likeness (QED) is 0.849. The molecule has 0 radical (unpaired) electrons. The first-order valence-electron chi connectivity index (χ1n) is 7.47. The first kappa shape index (κ1) is 14.8. The van der Waals surface area contributed by atoms with Gasteiger partial charge in [0.25, 0.3) is 0 Å². The minimum Gasteiger partial charge on any atom is -0.391 e. The molecular weight excluding hydrogens is 282 g/mol. The van der Waals surface area contributed by atoms with E-state index in [1.165, 1.54) is 0 Å². The average molecular weight is 303 g/mol. The Hall–Kier alpha value is -2.15. The summed E-state index contributed by atoms with van der Waals surface area (Å²) in [7, 11) is 0. The monoisotopic (exact) mass is 303 g/mol. The second-order valence-electron chi connectivity index (χ2n) is 5.97. The maximum atomic E-state index is 12.4. The minimum atomic E-state index is -0.496. The van der Waals surface area contributed by atoms with Gasteiger partial charge in [-0.15, -0.1) is 0 Å². The maximum Gasteiger partial charge on any atom is 0.242 e. The first-order valence-corrected chi connectivity index (χ1v) is 7.47. The highest BCUT2D eigenvalue weighted by molar-refractivity contribution is 5.76. The SMILES string of the molecule is Cc1cc(CC2CN(C(=O)Cn3ccnc3C)CC2O)n[nH]1. The highest BCUT2D eigenvalue weighted by atomic mass is 16.3. The summed E-state index contributed by atoms with van der Waals surface area (Å²) in [4.78, 5) is 18.2. The van der Waals surface area contributed by atoms with Crippen LogP contribution in [-0.2, 0) is 17.8 Å². The highest BCUT2D eigenvalue weighted by Gasteiger charge is 2.34. The summed E-state index contributed by atoms with van der Waals surface area (Å²) in [6.45, 7) is 5.05. The van der Waals surface area contributed by atoms with Crippen molar-refractivity contribution in [2.75, 3.05) is 13.1 Å². The molecule has 0 aromatic carbocycles. The number of nitrogens with zero attached hydrogens (tertiary/aromatic N) is 4. The number of aromatic amines is 1. The molecule has 22 heavy (non-hydrogen) atoms. The van der Waals surface area contributed by atoms with Crippen LogP contribution in [0, 0.1) is 19.8 Å².